The Morgan fingerprint density at radius 3 is 2.77 bits per heavy atom. The zero-order valence-electron chi connectivity index (χ0n) is 12.1. The molecule has 1 aromatic carbocycles. The molecular formula is C14H17FN2O3S2. The summed E-state index contributed by atoms with van der Waals surface area (Å²) in [5.74, 6) is -0.128. The summed E-state index contributed by atoms with van der Waals surface area (Å²) in [6, 6.07) is 4.43. The molecule has 1 saturated carbocycles. The van der Waals surface area contributed by atoms with Gasteiger partial charge in [-0.2, -0.15) is 4.31 Å². The van der Waals surface area contributed by atoms with Crippen molar-refractivity contribution in [2.24, 2.45) is 0 Å². The van der Waals surface area contributed by atoms with E-state index in [0.717, 1.165) is 18.9 Å². The average molecular weight is 344 g/mol. The number of hydrogen-bond donors (Lipinski definition) is 0. The number of rotatable bonds is 4. The Hall–Kier alpha value is -1.12. The normalized spacial score (nSPS) is 22.7. The second-order valence-corrected chi connectivity index (χ2v) is 8.44. The maximum Gasteiger partial charge on any atom is 0.244 e. The number of sulfonamides is 1. The molecule has 0 unspecified atom stereocenters. The van der Waals surface area contributed by atoms with Gasteiger partial charge in [-0.05, 0) is 31.0 Å². The van der Waals surface area contributed by atoms with Gasteiger partial charge in [0.25, 0.3) is 0 Å². The highest BCUT2D eigenvalue weighted by Crippen LogP contribution is 2.32. The van der Waals surface area contributed by atoms with Crippen LogP contribution in [0.1, 0.15) is 12.8 Å². The Kier molecular flexibility index (Phi) is 4.17. The van der Waals surface area contributed by atoms with Crippen molar-refractivity contribution in [1.29, 1.82) is 0 Å². The summed E-state index contributed by atoms with van der Waals surface area (Å²) in [6.07, 6.45) is 1.94. The fourth-order valence-electron chi connectivity index (χ4n) is 2.50. The third kappa shape index (κ3) is 2.87. The van der Waals surface area contributed by atoms with E-state index in [4.69, 9.17) is 0 Å². The first-order chi connectivity index (χ1) is 10.4. The largest absolute Gasteiger partial charge is 0.341 e. The van der Waals surface area contributed by atoms with Crippen LogP contribution in [0.4, 0.5) is 4.39 Å². The van der Waals surface area contributed by atoms with Crippen molar-refractivity contribution in [2.45, 2.75) is 29.8 Å². The van der Waals surface area contributed by atoms with Gasteiger partial charge in [0.05, 0.1) is 10.8 Å². The monoisotopic (exact) mass is 344 g/mol. The van der Waals surface area contributed by atoms with E-state index in [0.29, 0.717) is 5.75 Å². The van der Waals surface area contributed by atoms with Gasteiger partial charge in [-0.15, -0.1) is 11.8 Å². The van der Waals surface area contributed by atoms with E-state index < -0.39 is 21.9 Å². The van der Waals surface area contributed by atoms with Crippen molar-refractivity contribution >= 4 is 27.7 Å². The predicted molar refractivity (Wildman–Crippen MR) is 82.3 cm³/mol. The SMILES string of the molecule is CN(C(=O)[C@H]1CSCN1S(=O)(=O)c1cccc(F)c1)C1CC1. The first-order valence-electron chi connectivity index (χ1n) is 7.03. The minimum Gasteiger partial charge on any atom is -0.341 e. The van der Waals surface area contributed by atoms with Gasteiger partial charge in [0.15, 0.2) is 0 Å². The van der Waals surface area contributed by atoms with Crippen LogP contribution in [0.15, 0.2) is 29.2 Å². The van der Waals surface area contributed by atoms with Crippen molar-refractivity contribution < 1.29 is 17.6 Å². The summed E-state index contributed by atoms with van der Waals surface area (Å²) in [4.78, 5) is 14.0. The number of hydrogen-bond acceptors (Lipinski definition) is 4. The molecule has 5 nitrogen and oxygen atoms in total. The molecule has 120 valence electrons. The lowest BCUT2D eigenvalue weighted by Crippen LogP contribution is -2.48. The zero-order valence-corrected chi connectivity index (χ0v) is 13.7. The predicted octanol–water partition coefficient (Wildman–Crippen LogP) is 1.51. The highest BCUT2D eigenvalue weighted by atomic mass is 32.2. The van der Waals surface area contributed by atoms with Crippen molar-refractivity contribution in [3.8, 4) is 0 Å². The smallest absolute Gasteiger partial charge is 0.244 e. The fraction of sp³-hybridized carbons (Fsp3) is 0.500. The molecule has 1 amide bonds. The molecule has 1 aromatic rings. The van der Waals surface area contributed by atoms with Gasteiger partial charge >= 0.3 is 0 Å². The summed E-state index contributed by atoms with van der Waals surface area (Å²) in [5, 5.41) is 0. The Morgan fingerprint density at radius 2 is 2.14 bits per heavy atom. The van der Waals surface area contributed by atoms with Gasteiger partial charge in [-0.25, -0.2) is 12.8 Å². The van der Waals surface area contributed by atoms with E-state index in [1.165, 1.54) is 34.3 Å². The molecule has 0 radical (unpaired) electrons. The number of carbonyl (C=O) groups is 1. The van der Waals surface area contributed by atoms with E-state index in [-0.39, 0.29) is 22.7 Å². The molecule has 2 fully saturated rings. The van der Waals surface area contributed by atoms with E-state index in [1.807, 2.05) is 0 Å². The Bertz CT molecular complexity index is 691. The minimum atomic E-state index is -3.87. The molecule has 8 heteroatoms. The molecule has 0 N–H and O–H groups in total. The molecule has 1 heterocycles. The second-order valence-electron chi connectivity index (χ2n) is 5.55. The third-order valence-corrected chi connectivity index (χ3v) is 7.00. The highest BCUT2D eigenvalue weighted by Gasteiger charge is 2.43. The molecule has 1 aliphatic heterocycles. The van der Waals surface area contributed by atoms with Gasteiger partial charge in [-0.3, -0.25) is 4.79 Å². The number of carbonyl (C=O) groups excluding carboxylic acids is 1. The maximum absolute atomic E-state index is 13.3. The summed E-state index contributed by atoms with van der Waals surface area (Å²) in [7, 11) is -2.15. The van der Waals surface area contributed by atoms with Crippen LogP contribution >= 0.6 is 11.8 Å². The number of amides is 1. The molecule has 1 atom stereocenters. The van der Waals surface area contributed by atoms with Crippen LogP contribution < -0.4 is 0 Å². The van der Waals surface area contributed by atoms with Gasteiger partial charge < -0.3 is 4.90 Å². The second kappa shape index (κ2) is 5.82. The fourth-order valence-corrected chi connectivity index (χ4v) is 5.67. The summed E-state index contributed by atoms with van der Waals surface area (Å²) in [6.45, 7) is 0. The minimum absolute atomic E-state index is 0.109. The Morgan fingerprint density at radius 1 is 1.41 bits per heavy atom. The highest BCUT2D eigenvalue weighted by molar-refractivity contribution is 8.00. The lowest BCUT2D eigenvalue weighted by Gasteiger charge is -2.26. The van der Waals surface area contributed by atoms with Crippen LogP contribution in [0.5, 0.6) is 0 Å². The van der Waals surface area contributed by atoms with Crippen LogP contribution in [0.3, 0.4) is 0 Å². The summed E-state index contributed by atoms with van der Waals surface area (Å²) in [5.41, 5.74) is 0. The summed E-state index contributed by atoms with van der Waals surface area (Å²) < 4.78 is 39.9. The number of halogens is 1. The lowest BCUT2D eigenvalue weighted by atomic mass is 10.3. The van der Waals surface area contributed by atoms with E-state index in [1.54, 1.807) is 11.9 Å². The molecule has 0 bridgehead atoms. The van der Waals surface area contributed by atoms with Gasteiger partial charge in [0, 0.05) is 18.8 Å². The van der Waals surface area contributed by atoms with E-state index in [2.05, 4.69) is 0 Å². The zero-order chi connectivity index (χ0) is 15.9. The number of thioether (sulfide) groups is 1. The topological polar surface area (TPSA) is 57.7 Å². The molecule has 22 heavy (non-hydrogen) atoms. The van der Waals surface area contributed by atoms with Gasteiger partial charge in [0.2, 0.25) is 15.9 Å². The van der Waals surface area contributed by atoms with Crippen LogP contribution in [-0.2, 0) is 14.8 Å². The molecule has 2 aliphatic rings. The van der Waals surface area contributed by atoms with Gasteiger partial charge in [0.1, 0.15) is 11.9 Å². The maximum atomic E-state index is 13.3. The molecule has 3 rings (SSSR count). The molecule has 1 aliphatic carbocycles. The molecule has 1 saturated heterocycles. The first-order valence-corrected chi connectivity index (χ1v) is 9.62. The Balaban J connectivity index is 1.87. The van der Waals surface area contributed by atoms with Crippen LogP contribution in [0, 0.1) is 5.82 Å². The molecular weight excluding hydrogens is 327 g/mol. The van der Waals surface area contributed by atoms with E-state index >= 15 is 0 Å². The molecule has 0 spiro atoms. The van der Waals surface area contributed by atoms with Crippen molar-refractivity contribution in [1.82, 2.24) is 9.21 Å². The number of nitrogens with zero attached hydrogens (tertiary/aromatic N) is 2. The van der Waals surface area contributed by atoms with Crippen molar-refractivity contribution in [3.63, 3.8) is 0 Å². The lowest BCUT2D eigenvalue weighted by molar-refractivity contribution is -0.133. The average Bonchev–Trinajstić information content (AvgIpc) is 3.21. The third-order valence-electron chi connectivity index (χ3n) is 3.97. The quantitative estimate of drug-likeness (QED) is 0.831. The standard InChI is InChI=1S/C14H17FN2O3S2/c1-16(11-5-6-11)14(18)13-8-21-9-17(13)22(19,20)12-4-2-3-10(15)7-12/h2-4,7,11,13H,5-6,8-9H2,1H3/t13-/m1/s1. The number of benzene rings is 1. The van der Waals surface area contributed by atoms with Gasteiger partial charge in [-0.1, -0.05) is 6.07 Å². The van der Waals surface area contributed by atoms with Crippen LogP contribution in [0.25, 0.3) is 0 Å². The van der Waals surface area contributed by atoms with Crippen LogP contribution in [0.2, 0.25) is 0 Å². The van der Waals surface area contributed by atoms with E-state index in [9.17, 15) is 17.6 Å². The summed E-state index contributed by atoms with van der Waals surface area (Å²) >= 11 is 1.40. The Labute approximate surface area is 133 Å². The first kappa shape index (κ1) is 15.8. The molecule has 0 aromatic heterocycles. The van der Waals surface area contributed by atoms with Crippen LogP contribution in [-0.4, -0.2) is 54.3 Å². The van der Waals surface area contributed by atoms with Crippen molar-refractivity contribution in [2.75, 3.05) is 18.7 Å². The number of likely N-dealkylation sites (N-methyl/N-ethyl adjacent to an activating group) is 1. The van der Waals surface area contributed by atoms with Crippen molar-refractivity contribution in [3.05, 3.63) is 30.1 Å².